The van der Waals surface area contributed by atoms with Crippen molar-refractivity contribution in [3.05, 3.63) is 21.9 Å². The number of hydrogen-bond donors (Lipinski definition) is 1. The molecule has 1 fully saturated rings. The molecule has 0 spiro atoms. The molecular weight excluding hydrogens is 296 g/mol. The van der Waals surface area contributed by atoms with Gasteiger partial charge in [0.1, 0.15) is 5.60 Å². The lowest BCUT2D eigenvalue weighted by molar-refractivity contribution is 0.00700. The molecule has 1 aliphatic heterocycles. The van der Waals surface area contributed by atoms with Gasteiger partial charge in [0.05, 0.1) is 0 Å². The number of carbonyl (C=O) groups is 1. The highest BCUT2D eigenvalue weighted by Crippen LogP contribution is 2.22. The van der Waals surface area contributed by atoms with Crippen LogP contribution in [0.5, 0.6) is 0 Å². The number of thiophene rings is 1. The Morgan fingerprint density at radius 1 is 1.45 bits per heavy atom. The molecule has 2 heterocycles. The van der Waals surface area contributed by atoms with Gasteiger partial charge < -0.3 is 15.0 Å². The summed E-state index contributed by atoms with van der Waals surface area (Å²) >= 11 is 1.82. The van der Waals surface area contributed by atoms with Gasteiger partial charge in [-0.1, -0.05) is 0 Å². The van der Waals surface area contributed by atoms with Crippen LogP contribution in [-0.2, 0) is 11.3 Å². The van der Waals surface area contributed by atoms with E-state index in [0.29, 0.717) is 6.04 Å². The molecule has 0 aliphatic carbocycles. The molecule has 1 aromatic heterocycles. The number of aryl methyl sites for hydroxylation is 1. The summed E-state index contributed by atoms with van der Waals surface area (Å²) < 4.78 is 5.52. The molecule has 1 aromatic rings. The highest BCUT2D eigenvalue weighted by atomic mass is 32.1. The van der Waals surface area contributed by atoms with Gasteiger partial charge in [-0.3, -0.25) is 0 Å². The third kappa shape index (κ3) is 4.71. The Kier molecular flexibility index (Phi) is 5.50. The van der Waals surface area contributed by atoms with E-state index < -0.39 is 5.60 Å². The van der Waals surface area contributed by atoms with Crippen molar-refractivity contribution in [3.63, 3.8) is 0 Å². The number of ether oxygens (including phenoxy) is 1. The van der Waals surface area contributed by atoms with Crippen LogP contribution in [0.3, 0.4) is 0 Å². The minimum absolute atomic E-state index is 0.157. The summed E-state index contributed by atoms with van der Waals surface area (Å²) in [6.07, 6.45) is 1.92. The monoisotopic (exact) mass is 324 g/mol. The number of carbonyl (C=O) groups excluding carboxylic acids is 1. The molecule has 124 valence electrons. The minimum atomic E-state index is -0.439. The van der Waals surface area contributed by atoms with Gasteiger partial charge in [-0.2, -0.15) is 0 Å². The van der Waals surface area contributed by atoms with E-state index in [4.69, 9.17) is 4.74 Å². The third-order valence-electron chi connectivity index (χ3n) is 3.95. The maximum atomic E-state index is 12.3. The number of likely N-dealkylation sites (tertiary alicyclic amines) is 1. The van der Waals surface area contributed by atoms with Gasteiger partial charge >= 0.3 is 6.09 Å². The molecule has 1 N–H and O–H groups in total. The van der Waals surface area contributed by atoms with Gasteiger partial charge in [-0.15, -0.1) is 11.3 Å². The third-order valence-corrected chi connectivity index (χ3v) is 4.95. The lowest BCUT2D eigenvalue weighted by Crippen LogP contribution is -2.55. The molecule has 5 heteroatoms. The van der Waals surface area contributed by atoms with E-state index in [9.17, 15) is 4.79 Å². The number of piperidine rings is 1. The van der Waals surface area contributed by atoms with Crippen molar-refractivity contribution in [3.8, 4) is 0 Å². The van der Waals surface area contributed by atoms with Crippen LogP contribution in [-0.4, -0.2) is 35.2 Å². The molecule has 2 unspecified atom stereocenters. The van der Waals surface area contributed by atoms with E-state index in [0.717, 1.165) is 25.9 Å². The molecule has 22 heavy (non-hydrogen) atoms. The second kappa shape index (κ2) is 7.01. The number of nitrogens with zero attached hydrogens (tertiary/aromatic N) is 1. The zero-order valence-corrected chi connectivity index (χ0v) is 15.1. The average Bonchev–Trinajstić information content (AvgIpc) is 2.81. The zero-order chi connectivity index (χ0) is 16.3. The van der Waals surface area contributed by atoms with Crippen LogP contribution in [0.2, 0.25) is 0 Å². The summed E-state index contributed by atoms with van der Waals surface area (Å²) in [7, 11) is 0. The standard InChI is InChI=1S/C17H28N2O2S/c1-12-8-9-14(22-12)11-18-15-7-6-10-19(13(15)2)16(20)21-17(3,4)5/h8-9,13,15,18H,6-7,10-11H2,1-5H3. The second-order valence-electron chi connectivity index (χ2n) is 7.06. The van der Waals surface area contributed by atoms with Crippen molar-refractivity contribution in [1.82, 2.24) is 10.2 Å². The van der Waals surface area contributed by atoms with Gasteiger partial charge in [0, 0.05) is 34.9 Å². The fourth-order valence-corrected chi connectivity index (χ4v) is 3.65. The fraction of sp³-hybridized carbons (Fsp3) is 0.706. The van der Waals surface area contributed by atoms with Crippen molar-refractivity contribution in [2.24, 2.45) is 0 Å². The molecule has 0 saturated carbocycles. The SMILES string of the molecule is Cc1ccc(CNC2CCCN(C(=O)OC(C)(C)C)C2C)s1. The van der Waals surface area contributed by atoms with Crippen LogP contribution in [0.4, 0.5) is 4.79 Å². The van der Waals surface area contributed by atoms with Crippen LogP contribution in [0.25, 0.3) is 0 Å². The summed E-state index contributed by atoms with van der Waals surface area (Å²) in [5.41, 5.74) is -0.439. The second-order valence-corrected chi connectivity index (χ2v) is 8.43. The maximum absolute atomic E-state index is 12.3. The van der Waals surface area contributed by atoms with Crippen LogP contribution < -0.4 is 5.32 Å². The normalized spacial score (nSPS) is 22.7. The largest absolute Gasteiger partial charge is 0.444 e. The first-order valence-electron chi connectivity index (χ1n) is 8.04. The van der Waals surface area contributed by atoms with E-state index in [1.807, 2.05) is 37.0 Å². The zero-order valence-electron chi connectivity index (χ0n) is 14.3. The molecule has 0 bridgehead atoms. The Balaban J connectivity index is 1.91. The minimum Gasteiger partial charge on any atom is -0.444 e. The van der Waals surface area contributed by atoms with Gasteiger partial charge in [0.2, 0.25) is 0 Å². The molecule has 0 aromatic carbocycles. The first-order chi connectivity index (χ1) is 10.3. The quantitative estimate of drug-likeness (QED) is 0.916. The number of nitrogens with one attached hydrogen (secondary N) is 1. The smallest absolute Gasteiger partial charge is 0.410 e. The Labute approximate surface area is 137 Å². The lowest BCUT2D eigenvalue weighted by atomic mass is 9.98. The maximum Gasteiger partial charge on any atom is 0.410 e. The van der Waals surface area contributed by atoms with E-state index in [-0.39, 0.29) is 12.1 Å². The Morgan fingerprint density at radius 3 is 2.77 bits per heavy atom. The molecule has 1 saturated heterocycles. The summed E-state index contributed by atoms with van der Waals surface area (Å²) in [6.45, 7) is 11.6. The van der Waals surface area contributed by atoms with Gasteiger partial charge in [0.25, 0.3) is 0 Å². The van der Waals surface area contributed by atoms with Gasteiger partial charge in [-0.05, 0) is 59.6 Å². The molecule has 1 amide bonds. The first kappa shape index (κ1) is 17.3. The molecule has 2 atom stereocenters. The van der Waals surface area contributed by atoms with E-state index in [1.54, 1.807) is 0 Å². The Hall–Kier alpha value is -1.07. The topological polar surface area (TPSA) is 41.6 Å². The van der Waals surface area contributed by atoms with Crippen molar-refractivity contribution in [1.29, 1.82) is 0 Å². The number of rotatable bonds is 3. The highest BCUT2D eigenvalue weighted by Gasteiger charge is 2.33. The number of amides is 1. The van der Waals surface area contributed by atoms with Crippen LogP contribution in [0, 0.1) is 6.92 Å². The predicted octanol–water partition coefficient (Wildman–Crippen LogP) is 3.93. The molecule has 0 radical (unpaired) electrons. The van der Waals surface area contributed by atoms with Crippen molar-refractivity contribution in [2.75, 3.05) is 6.54 Å². The summed E-state index contributed by atoms with van der Waals surface area (Å²) in [5, 5.41) is 3.61. The molecular formula is C17H28N2O2S. The highest BCUT2D eigenvalue weighted by molar-refractivity contribution is 7.11. The molecule has 4 nitrogen and oxygen atoms in total. The predicted molar refractivity (Wildman–Crippen MR) is 91.3 cm³/mol. The summed E-state index contributed by atoms with van der Waals surface area (Å²) in [6, 6.07) is 4.80. The van der Waals surface area contributed by atoms with Crippen molar-refractivity contribution >= 4 is 17.4 Å². The summed E-state index contributed by atoms with van der Waals surface area (Å²) in [5.74, 6) is 0. The van der Waals surface area contributed by atoms with Crippen LogP contribution in [0.15, 0.2) is 12.1 Å². The van der Waals surface area contributed by atoms with Crippen LogP contribution >= 0.6 is 11.3 Å². The Bertz CT molecular complexity index is 507. The van der Waals surface area contributed by atoms with Crippen molar-refractivity contribution in [2.45, 2.75) is 71.7 Å². The summed E-state index contributed by atoms with van der Waals surface area (Å²) in [4.78, 5) is 16.9. The van der Waals surface area contributed by atoms with E-state index in [2.05, 4.69) is 31.3 Å². The van der Waals surface area contributed by atoms with Gasteiger partial charge in [-0.25, -0.2) is 4.79 Å². The van der Waals surface area contributed by atoms with Gasteiger partial charge in [0.15, 0.2) is 0 Å². The van der Waals surface area contributed by atoms with Crippen LogP contribution in [0.1, 0.15) is 50.3 Å². The van der Waals surface area contributed by atoms with Crippen molar-refractivity contribution < 1.29 is 9.53 Å². The molecule has 2 rings (SSSR count). The van der Waals surface area contributed by atoms with E-state index in [1.165, 1.54) is 9.75 Å². The first-order valence-corrected chi connectivity index (χ1v) is 8.86. The number of hydrogen-bond acceptors (Lipinski definition) is 4. The lowest BCUT2D eigenvalue weighted by Gasteiger charge is -2.40. The fourth-order valence-electron chi connectivity index (χ4n) is 2.81. The van der Waals surface area contributed by atoms with E-state index >= 15 is 0 Å². The Morgan fingerprint density at radius 2 is 2.18 bits per heavy atom. The average molecular weight is 324 g/mol. The molecule has 1 aliphatic rings.